The largest absolute Gasteiger partial charge is 0.303 e. The Morgan fingerprint density at radius 2 is 2.29 bits per heavy atom. The molecule has 2 fully saturated rings. The van der Waals surface area contributed by atoms with Gasteiger partial charge in [-0.15, -0.1) is 0 Å². The molecule has 2 saturated carbocycles. The van der Waals surface area contributed by atoms with E-state index in [1.807, 2.05) is 0 Å². The van der Waals surface area contributed by atoms with Gasteiger partial charge >= 0.3 is 0 Å². The van der Waals surface area contributed by atoms with Gasteiger partial charge in [0.05, 0.1) is 0 Å². The van der Waals surface area contributed by atoms with Crippen molar-refractivity contribution in [2.45, 2.75) is 19.3 Å². The second-order valence-corrected chi connectivity index (χ2v) is 2.81. The lowest BCUT2D eigenvalue weighted by molar-refractivity contribution is -0.109. The van der Waals surface area contributed by atoms with Gasteiger partial charge < -0.3 is 4.79 Å². The van der Waals surface area contributed by atoms with Crippen molar-refractivity contribution in [1.82, 2.24) is 0 Å². The van der Waals surface area contributed by atoms with Crippen molar-refractivity contribution in [3.63, 3.8) is 0 Å². The lowest BCUT2D eigenvalue weighted by Gasteiger charge is -1.71. The van der Waals surface area contributed by atoms with E-state index in [4.69, 9.17) is 0 Å². The van der Waals surface area contributed by atoms with Crippen LogP contribution in [-0.4, -0.2) is 6.29 Å². The molecule has 0 bridgehead atoms. The van der Waals surface area contributed by atoms with Gasteiger partial charge in [-0.1, -0.05) is 0 Å². The van der Waals surface area contributed by atoms with Crippen molar-refractivity contribution in [1.29, 1.82) is 0 Å². The van der Waals surface area contributed by atoms with Gasteiger partial charge in [0, 0.05) is 5.92 Å². The average Bonchev–Trinajstić information content (AvgIpc) is 2.52. The first-order valence-corrected chi connectivity index (χ1v) is 2.83. The molecule has 1 spiro atoms. The molecule has 1 heteroatoms. The van der Waals surface area contributed by atoms with Gasteiger partial charge in [0.25, 0.3) is 0 Å². The molecule has 1 nitrogen and oxygen atoms in total. The Morgan fingerprint density at radius 3 is 2.43 bits per heavy atom. The molecule has 2 rings (SSSR count). The third kappa shape index (κ3) is 0.311. The molecule has 1 atom stereocenters. The van der Waals surface area contributed by atoms with Crippen LogP contribution >= 0.6 is 0 Å². The van der Waals surface area contributed by atoms with E-state index < -0.39 is 0 Å². The second-order valence-electron chi connectivity index (χ2n) is 2.81. The van der Waals surface area contributed by atoms with Gasteiger partial charge in [0.2, 0.25) is 0 Å². The summed E-state index contributed by atoms with van der Waals surface area (Å²) in [6.45, 7) is 0. The lowest BCUT2D eigenvalue weighted by atomic mass is 10.3. The summed E-state index contributed by atoms with van der Waals surface area (Å²) >= 11 is 0. The maximum atomic E-state index is 10.0. The van der Waals surface area contributed by atoms with Crippen LogP contribution in [0.15, 0.2) is 0 Å². The van der Waals surface area contributed by atoms with Gasteiger partial charge in [0.15, 0.2) is 0 Å². The Bertz CT molecular complexity index is 113. The van der Waals surface area contributed by atoms with Crippen LogP contribution in [0.2, 0.25) is 0 Å². The van der Waals surface area contributed by atoms with Crippen LogP contribution in [-0.2, 0) is 4.79 Å². The fourth-order valence-electron chi connectivity index (χ4n) is 1.31. The second kappa shape index (κ2) is 0.770. The fourth-order valence-corrected chi connectivity index (χ4v) is 1.31. The van der Waals surface area contributed by atoms with Crippen molar-refractivity contribution in [3.05, 3.63) is 0 Å². The van der Waals surface area contributed by atoms with Crippen molar-refractivity contribution in [2.24, 2.45) is 11.3 Å². The third-order valence-corrected chi connectivity index (χ3v) is 2.31. The van der Waals surface area contributed by atoms with Crippen LogP contribution in [0.4, 0.5) is 0 Å². The molecule has 0 radical (unpaired) electrons. The SMILES string of the molecule is O=C[C@@H]1CC12CC2. The van der Waals surface area contributed by atoms with Crippen LogP contribution < -0.4 is 0 Å². The number of carbonyl (C=O) groups is 1. The summed E-state index contributed by atoms with van der Waals surface area (Å²) in [6.07, 6.45) is 4.98. The summed E-state index contributed by atoms with van der Waals surface area (Å²) in [5, 5.41) is 0. The first-order chi connectivity index (χ1) is 3.37. The van der Waals surface area contributed by atoms with E-state index in [-0.39, 0.29) is 0 Å². The van der Waals surface area contributed by atoms with Crippen LogP contribution in [0, 0.1) is 11.3 Å². The number of hydrogen-bond donors (Lipinski definition) is 0. The van der Waals surface area contributed by atoms with Crippen LogP contribution in [0.3, 0.4) is 0 Å². The topological polar surface area (TPSA) is 17.1 Å². The summed E-state index contributed by atoms with van der Waals surface area (Å²) in [4.78, 5) is 10.0. The molecule has 2 aliphatic rings. The van der Waals surface area contributed by atoms with Gasteiger partial charge in [-0.25, -0.2) is 0 Å². The van der Waals surface area contributed by atoms with E-state index in [1.54, 1.807) is 0 Å². The molecule has 0 heterocycles. The van der Waals surface area contributed by atoms with E-state index in [1.165, 1.54) is 19.3 Å². The number of aldehydes is 1. The molecule has 7 heavy (non-hydrogen) atoms. The predicted molar refractivity (Wildman–Crippen MR) is 25.8 cm³/mol. The molecule has 38 valence electrons. The highest BCUT2D eigenvalue weighted by Gasteiger charge is 2.62. The summed E-state index contributed by atoms with van der Waals surface area (Å²) in [5.41, 5.74) is 0.599. The van der Waals surface area contributed by atoms with Crippen LogP contribution in [0.1, 0.15) is 19.3 Å². The van der Waals surface area contributed by atoms with E-state index in [2.05, 4.69) is 0 Å². The average molecular weight is 96.1 g/mol. The van der Waals surface area contributed by atoms with Crippen LogP contribution in [0.5, 0.6) is 0 Å². The molecule has 2 aliphatic carbocycles. The zero-order valence-electron chi connectivity index (χ0n) is 4.18. The molecule has 0 unspecified atom stereocenters. The van der Waals surface area contributed by atoms with E-state index >= 15 is 0 Å². The van der Waals surface area contributed by atoms with E-state index in [9.17, 15) is 4.79 Å². The number of hydrogen-bond acceptors (Lipinski definition) is 1. The zero-order valence-corrected chi connectivity index (χ0v) is 4.18. The molecular formula is C6H8O. The molecular weight excluding hydrogens is 88.1 g/mol. The highest BCUT2D eigenvalue weighted by atomic mass is 16.1. The monoisotopic (exact) mass is 96.1 g/mol. The van der Waals surface area contributed by atoms with Gasteiger partial charge in [-0.05, 0) is 24.7 Å². The standard InChI is InChI=1S/C6H8O/c7-4-5-3-6(5)1-2-6/h4-5H,1-3H2/t5-/m0/s1. The summed E-state index contributed by atoms with van der Waals surface area (Å²) in [7, 11) is 0. The van der Waals surface area contributed by atoms with Gasteiger partial charge in [0.1, 0.15) is 6.29 Å². The number of rotatable bonds is 1. The Hall–Kier alpha value is -0.330. The third-order valence-electron chi connectivity index (χ3n) is 2.31. The molecule has 0 N–H and O–H groups in total. The Balaban J connectivity index is 2.09. The highest BCUT2D eigenvalue weighted by molar-refractivity contribution is 5.61. The summed E-state index contributed by atoms with van der Waals surface area (Å²) < 4.78 is 0. The Kier molecular flexibility index (Phi) is 0.401. The van der Waals surface area contributed by atoms with Crippen molar-refractivity contribution < 1.29 is 4.79 Å². The first kappa shape index (κ1) is 3.65. The van der Waals surface area contributed by atoms with Crippen molar-refractivity contribution in [2.75, 3.05) is 0 Å². The predicted octanol–water partition coefficient (Wildman–Crippen LogP) is 0.985. The maximum Gasteiger partial charge on any atom is 0.123 e. The first-order valence-electron chi connectivity index (χ1n) is 2.83. The molecule has 0 aromatic carbocycles. The molecule has 0 saturated heterocycles. The van der Waals surface area contributed by atoms with E-state index in [0.29, 0.717) is 11.3 Å². The summed E-state index contributed by atoms with van der Waals surface area (Å²) in [5.74, 6) is 0.479. The minimum Gasteiger partial charge on any atom is -0.303 e. The van der Waals surface area contributed by atoms with Crippen molar-refractivity contribution in [3.8, 4) is 0 Å². The molecule has 0 amide bonds. The minimum atomic E-state index is 0.479. The maximum absolute atomic E-state index is 10.0. The normalized spacial score (nSPS) is 40.9. The van der Waals surface area contributed by atoms with Gasteiger partial charge in [-0.3, -0.25) is 0 Å². The molecule has 0 aliphatic heterocycles. The van der Waals surface area contributed by atoms with Gasteiger partial charge in [-0.2, -0.15) is 0 Å². The quantitative estimate of drug-likeness (QED) is 0.445. The Labute approximate surface area is 42.7 Å². The highest BCUT2D eigenvalue weighted by Crippen LogP contribution is 2.69. The zero-order chi connectivity index (χ0) is 4.91. The lowest BCUT2D eigenvalue weighted by Crippen LogP contribution is -1.77. The summed E-state index contributed by atoms with van der Waals surface area (Å²) in [6, 6.07) is 0. The minimum absolute atomic E-state index is 0.479. The number of carbonyl (C=O) groups excluding carboxylic acids is 1. The van der Waals surface area contributed by atoms with E-state index in [0.717, 1.165) is 6.29 Å². The molecule has 0 aromatic heterocycles. The van der Waals surface area contributed by atoms with Crippen LogP contribution in [0.25, 0.3) is 0 Å². The molecule has 0 aromatic rings. The smallest absolute Gasteiger partial charge is 0.123 e. The Morgan fingerprint density at radius 1 is 1.57 bits per heavy atom. The fraction of sp³-hybridized carbons (Fsp3) is 0.833. The van der Waals surface area contributed by atoms with Crippen molar-refractivity contribution >= 4 is 6.29 Å².